The van der Waals surface area contributed by atoms with Crippen LogP contribution in [0.25, 0.3) is 0 Å². The maximum Gasteiger partial charge on any atom is 0.243 e. The van der Waals surface area contributed by atoms with Crippen LogP contribution in [-0.4, -0.2) is 35.1 Å². The highest BCUT2D eigenvalue weighted by molar-refractivity contribution is 7.99. The SMILES string of the molecule is CCCCNC(=O)[C@H](Cc1ccccc1)N(Cc1c(Cl)cccc1Cl)C(=O)CSCc1cccc(C)c1. The van der Waals surface area contributed by atoms with E-state index in [0.717, 1.165) is 24.0 Å². The van der Waals surface area contributed by atoms with Crippen LogP contribution in [0.4, 0.5) is 0 Å². The second-order valence-electron chi connectivity index (χ2n) is 9.05. The van der Waals surface area contributed by atoms with Crippen molar-refractivity contribution in [3.63, 3.8) is 0 Å². The topological polar surface area (TPSA) is 49.4 Å². The number of rotatable bonds is 13. The number of amides is 2. The fraction of sp³-hybridized carbons (Fsp3) is 0.333. The van der Waals surface area contributed by atoms with Crippen molar-refractivity contribution >= 4 is 46.8 Å². The quantitative estimate of drug-likeness (QED) is 0.228. The number of hydrogen-bond donors (Lipinski definition) is 1. The average Bonchev–Trinajstić information content (AvgIpc) is 2.88. The third-order valence-electron chi connectivity index (χ3n) is 6.07. The lowest BCUT2D eigenvalue weighted by atomic mass is 10.0. The number of nitrogens with zero attached hydrogens (tertiary/aromatic N) is 1. The molecule has 7 heteroatoms. The van der Waals surface area contributed by atoms with Crippen molar-refractivity contribution in [1.82, 2.24) is 10.2 Å². The minimum atomic E-state index is -0.696. The Morgan fingerprint density at radius 3 is 2.30 bits per heavy atom. The third kappa shape index (κ3) is 9.10. The van der Waals surface area contributed by atoms with Crippen molar-refractivity contribution in [3.8, 4) is 0 Å². The van der Waals surface area contributed by atoms with Crippen molar-refractivity contribution < 1.29 is 9.59 Å². The van der Waals surface area contributed by atoms with Gasteiger partial charge in [-0.3, -0.25) is 9.59 Å². The molecule has 2 amide bonds. The molecule has 4 nitrogen and oxygen atoms in total. The van der Waals surface area contributed by atoms with E-state index in [0.29, 0.717) is 34.3 Å². The van der Waals surface area contributed by atoms with Gasteiger partial charge < -0.3 is 10.2 Å². The minimum absolute atomic E-state index is 0.125. The van der Waals surface area contributed by atoms with E-state index in [-0.39, 0.29) is 24.1 Å². The van der Waals surface area contributed by atoms with E-state index < -0.39 is 6.04 Å². The first-order valence-corrected chi connectivity index (χ1v) is 14.5. The Hall–Kier alpha value is -2.47. The van der Waals surface area contributed by atoms with Crippen molar-refractivity contribution in [2.45, 2.75) is 51.4 Å². The lowest BCUT2D eigenvalue weighted by molar-refractivity contribution is -0.139. The summed E-state index contributed by atoms with van der Waals surface area (Å²) in [5, 5.41) is 3.99. The zero-order valence-corrected chi connectivity index (χ0v) is 23.7. The first-order chi connectivity index (χ1) is 17.9. The average molecular weight is 558 g/mol. The van der Waals surface area contributed by atoms with Crippen molar-refractivity contribution in [2.24, 2.45) is 0 Å². The standard InChI is InChI=1S/C30H34Cl2N2O2S/c1-3-4-16-33-30(36)28(18-23-11-6-5-7-12-23)34(19-25-26(31)14-9-15-27(25)32)29(35)21-37-20-24-13-8-10-22(2)17-24/h5-15,17,28H,3-4,16,18-21H2,1-2H3,(H,33,36)/t28-/m0/s1. The summed E-state index contributed by atoms with van der Waals surface area (Å²) in [7, 11) is 0. The summed E-state index contributed by atoms with van der Waals surface area (Å²) in [5.41, 5.74) is 3.97. The molecular weight excluding hydrogens is 523 g/mol. The molecule has 0 fully saturated rings. The van der Waals surface area contributed by atoms with Gasteiger partial charge in [-0.1, -0.05) is 103 Å². The number of aryl methyl sites for hydroxylation is 1. The monoisotopic (exact) mass is 556 g/mol. The third-order valence-corrected chi connectivity index (χ3v) is 7.76. The van der Waals surface area contributed by atoms with E-state index in [9.17, 15) is 9.59 Å². The largest absolute Gasteiger partial charge is 0.354 e. The molecule has 0 saturated heterocycles. The number of hydrogen-bond acceptors (Lipinski definition) is 3. The van der Waals surface area contributed by atoms with Crippen LogP contribution in [0.15, 0.2) is 72.8 Å². The molecule has 1 N–H and O–H groups in total. The Morgan fingerprint density at radius 2 is 1.62 bits per heavy atom. The highest BCUT2D eigenvalue weighted by Gasteiger charge is 2.31. The van der Waals surface area contributed by atoms with Gasteiger partial charge in [0.2, 0.25) is 11.8 Å². The zero-order valence-electron chi connectivity index (χ0n) is 21.4. The molecule has 3 aromatic carbocycles. The molecule has 196 valence electrons. The van der Waals surface area contributed by atoms with Crippen LogP contribution >= 0.6 is 35.0 Å². The molecule has 0 unspecified atom stereocenters. The predicted molar refractivity (Wildman–Crippen MR) is 156 cm³/mol. The zero-order chi connectivity index (χ0) is 26.6. The van der Waals surface area contributed by atoms with Gasteiger partial charge in [0.05, 0.1) is 5.75 Å². The molecule has 0 bridgehead atoms. The number of carbonyl (C=O) groups is 2. The van der Waals surface area contributed by atoms with Crippen molar-refractivity contribution in [1.29, 1.82) is 0 Å². The van der Waals surface area contributed by atoms with Gasteiger partial charge in [0.25, 0.3) is 0 Å². The summed E-state index contributed by atoms with van der Waals surface area (Å²) in [6.45, 7) is 4.85. The molecule has 37 heavy (non-hydrogen) atoms. The van der Waals surface area contributed by atoms with Crippen LogP contribution < -0.4 is 5.32 Å². The van der Waals surface area contributed by atoms with Crippen LogP contribution in [0.3, 0.4) is 0 Å². The van der Waals surface area contributed by atoms with Crippen LogP contribution in [0.2, 0.25) is 10.0 Å². The number of benzene rings is 3. The molecule has 0 aliphatic heterocycles. The van der Waals surface area contributed by atoms with Gasteiger partial charge in [0, 0.05) is 40.9 Å². The number of carbonyl (C=O) groups excluding carboxylic acids is 2. The lowest BCUT2D eigenvalue weighted by Crippen LogP contribution is -2.51. The predicted octanol–water partition coefficient (Wildman–Crippen LogP) is 7.09. The van der Waals surface area contributed by atoms with Crippen molar-refractivity contribution in [2.75, 3.05) is 12.3 Å². The highest BCUT2D eigenvalue weighted by Crippen LogP contribution is 2.28. The first kappa shape index (κ1) is 29.1. The fourth-order valence-corrected chi connectivity index (χ4v) is 5.43. The number of halogens is 2. The molecule has 0 radical (unpaired) electrons. The van der Waals surface area contributed by atoms with E-state index >= 15 is 0 Å². The Labute approximate surface area is 234 Å². The molecule has 3 rings (SSSR count). The van der Waals surface area contributed by atoms with E-state index in [1.54, 1.807) is 23.1 Å². The van der Waals surface area contributed by atoms with Crippen LogP contribution in [0.1, 0.15) is 42.0 Å². The smallest absolute Gasteiger partial charge is 0.243 e. The van der Waals surface area contributed by atoms with Gasteiger partial charge in [-0.05, 0) is 36.6 Å². The van der Waals surface area contributed by atoms with Crippen LogP contribution in [0.5, 0.6) is 0 Å². The highest BCUT2D eigenvalue weighted by atomic mass is 35.5. The maximum atomic E-state index is 13.7. The van der Waals surface area contributed by atoms with Crippen LogP contribution in [-0.2, 0) is 28.3 Å². The van der Waals surface area contributed by atoms with Gasteiger partial charge in [-0.15, -0.1) is 11.8 Å². The maximum absolute atomic E-state index is 13.7. The summed E-state index contributed by atoms with van der Waals surface area (Å²) >= 11 is 14.5. The Morgan fingerprint density at radius 1 is 0.946 bits per heavy atom. The molecule has 0 aliphatic carbocycles. The Bertz CT molecular complexity index is 1150. The Kier molecular flexibility index (Phi) is 11.8. The molecule has 0 heterocycles. The van der Waals surface area contributed by atoms with E-state index in [1.165, 1.54) is 17.3 Å². The van der Waals surface area contributed by atoms with Crippen LogP contribution in [0, 0.1) is 6.92 Å². The lowest BCUT2D eigenvalue weighted by Gasteiger charge is -2.32. The summed E-state index contributed by atoms with van der Waals surface area (Å²) in [6.07, 6.45) is 2.24. The van der Waals surface area contributed by atoms with Gasteiger partial charge in [-0.25, -0.2) is 0 Å². The molecule has 0 aromatic heterocycles. The first-order valence-electron chi connectivity index (χ1n) is 12.6. The molecule has 0 aliphatic rings. The molecule has 0 spiro atoms. The molecular formula is C30H34Cl2N2O2S. The van der Waals surface area contributed by atoms with Gasteiger partial charge >= 0.3 is 0 Å². The fourth-order valence-electron chi connectivity index (χ4n) is 4.05. The number of thioether (sulfide) groups is 1. The Balaban J connectivity index is 1.88. The summed E-state index contributed by atoms with van der Waals surface area (Å²) in [4.78, 5) is 28.9. The minimum Gasteiger partial charge on any atom is -0.354 e. The molecule has 0 saturated carbocycles. The summed E-state index contributed by atoms with van der Waals surface area (Å²) in [5.74, 6) is 0.654. The van der Waals surface area contributed by atoms with Gasteiger partial charge in [-0.2, -0.15) is 0 Å². The van der Waals surface area contributed by atoms with Crippen molar-refractivity contribution in [3.05, 3.63) is 105 Å². The molecule has 3 aromatic rings. The normalized spacial score (nSPS) is 11.7. The van der Waals surface area contributed by atoms with E-state index in [1.807, 2.05) is 36.4 Å². The summed E-state index contributed by atoms with van der Waals surface area (Å²) in [6, 6.07) is 22.6. The number of nitrogens with one attached hydrogen (secondary N) is 1. The summed E-state index contributed by atoms with van der Waals surface area (Å²) < 4.78 is 0. The van der Waals surface area contributed by atoms with Gasteiger partial charge in [0.15, 0.2) is 0 Å². The second-order valence-corrected chi connectivity index (χ2v) is 10.9. The number of unbranched alkanes of at least 4 members (excludes halogenated alkanes) is 1. The molecule has 1 atom stereocenters. The van der Waals surface area contributed by atoms with E-state index in [4.69, 9.17) is 23.2 Å². The second kappa shape index (κ2) is 15.1. The van der Waals surface area contributed by atoms with Gasteiger partial charge in [0.1, 0.15) is 6.04 Å². The van der Waals surface area contributed by atoms with E-state index in [2.05, 4.69) is 37.4 Å².